The first-order valence-corrected chi connectivity index (χ1v) is 8.15. The Morgan fingerprint density at radius 1 is 1.33 bits per heavy atom. The van der Waals surface area contributed by atoms with Crippen molar-refractivity contribution >= 4 is 11.8 Å². The zero-order valence-electron chi connectivity index (χ0n) is 13.7. The van der Waals surface area contributed by atoms with E-state index >= 15 is 0 Å². The van der Waals surface area contributed by atoms with Gasteiger partial charge in [0.05, 0.1) is 0 Å². The lowest BCUT2D eigenvalue weighted by molar-refractivity contribution is -0.137. The minimum atomic E-state index is -0.759. The van der Waals surface area contributed by atoms with E-state index in [-0.39, 0.29) is 16.6 Å². The van der Waals surface area contributed by atoms with Crippen LogP contribution in [0.1, 0.15) is 66.2 Å². The topological polar surface area (TPSA) is 54.4 Å². The van der Waals surface area contributed by atoms with Gasteiger partial charge in [-0.2, -0.15) is 0 Å². The first kappa shape index (κ1) is 16.3. The maximum atomic E-state index is 11.7. The van der Waals surface area contributed by atoms with E-state index in [4.69, 9.17) is 0 Å². The van der Waals surface area contributed by atoms with Crippen molar-refractivity contribution in [2.75, 3.05) is 0 Å². The molecular formula is C18H28O3. The number of rotatable bonds is 4. The Kier molecular flexibility index (Phi) is 4.32. The number of hydrogen-bond donors (Lipinski definition) is 1. The van der Waals surface area contributed by atoms with Crippen molar-refractivity contribution in [1.29, 1.82) is 0 Å². The van der Waals surface area contributed by atoms with Crippen molar-refractivity contribution in [2.24, 2.45) is 22.7 Å². The van der Waals surface area contributed by atoms with Gasteiger partial charge in [0.25, 0.3) is 0 Å². The second-order valence-electron chi connectivity index (χ2n) is 7.62. The maximum absolute atomic E-state index is 11.7. The van der Waals surface area contributed by atoms with Crippen LogP contribution in [0.4, 0.5) is 0 Å². The molecule has 3 nitrogen and oxygen atoms in total. The molecule has 2 rings (SSSR count). The number of Topliss-reactive ketones (excluding diaryl/α,β-unsaturated/α-hetero) is 1. The molecule has 1 N–H and O–H groups in total. The monoisotopic (exact) mass is 292 g/mol. The van der Waals surface area contributed by atoms with Crippen LogP contribution in [0.2, 0.25) is 0 Å². The molecule has 0 bridgehead atoms. The van der Waals surface area contributed by atoms with Gasteiger partial charge in [0.2, 0.25) is 0 Å². The minimum absolute atomic E-state index is 0.0631. The highest BCUT2D eigenvalue weighted by Crippen LogP contribution is 2.61. The average Bonchev–Trinajstić information content (AvgIpc) is 2.40. The fourth-order valence-electron chi connectivity index (χ4n) is 4.89. The summed E-state index contributed by atoms with van der Waals surface area (Å²) in [5, 5.41) is 9.57. The summed E-state index contributed by atoms with van der Waals surface area (Å²) in [6, 6.07) is 0. The van der Waals surface area contributed by atoms with Gasteiger partial charge < -0.3 is 9.90 Å². The van der Waals surface area contributed by atoms with Crippen LogP contribution in [0, 0.1) is 22.7 Å². The van der Waals surface area contributed by atoms with Crippen LogP contribution in [0.3, 0.4) is 0 Å². The highest BCUT2D eigenvalue weighted by molar-refractivity contribution is 5.88. The number of carbonyl (C=O) groups is 2. The third kappa shape index (κ3) is 2.67. The summed E-state index contributed by atoms with van der Waals surface area (Å²) in [4.78, 5) is 23.1. The molecule has 21 heavy (non-hydrogen) atoms. The molecule has 0 aromatic heterocycles. The smallest absolute Gasteiger partial charge is 0.331 e. The Morgan fingerprint density at radius 3 is 2.57 bits per heavy atom. The van der Waals surface area contributed by atoms with E-state index in [2.05, 4.69) is 20.8 Å². The number of hydrogen-bond acceptors (Lipinski definition) is 2. The molecule has 0 unspecified atom stereocenters. The van der Waals surface area contributed by atoms with Gasteiger partial charge in [-0.3, -0.25) is 0 Å². The van der Waals surface area contributed by atoms with Crippen molar-refractivity contribution in [3.63, 3.8) is 0 Å². The molecule has 4 atom stereocenters. The quantitative estimate of drug-likeness (QED) is 0.844. The molecule has 1 saturated carbocycles. The summed E-state index contributed by atoms with van der Waals surface area (Å²) in [6.07, 6.45) is 7.32. The predicted molar refractivity (Wildman–Crippen MR) is 83.0 cm³/mol. The summed E-state index contributed by atoms with van der Waals surface area (Å²) in [6.45, 7) is 8.35. The molecule has 118 valence electrons. The van der Waals surface area contributed by atoms with Crippen molar-refractivity contribution in [3.05, 3.63) is 11.6 Å². The number of carbonyl (C=O) groups excluding carboxylic acids is 1. The summed E-state index contributed by atoms with van der Waals surface area (Å²) in [5.41, 5.74) is 0.440. The number of carboxylic acids is 1. The Labute approximate surface area is 127 Å². The lowest BCUT2D eigenvalue weighted by Gasteiger charge is -2.57. The van der Waals surface area contributed by atoms with Crippen LogP contribution in [0.25, 0.3) is 0 Å². The molecular weight excluding hydrogens is 264 g/mol. The molecule has 3 heteroatoms. The largest absolute Gasteiger partial charge is 0.478 e. The SMILES string of the molecule is CC(=O)CC[C@@]1(C)[C@H](C)CC[C@@]2(C)C(C(=O)O)=CCC[C@H]12. The summed E-state index contributed by atoms with van der Waals surface area (Å²) in [7, 11) is 0. The van der Waals surface area contributed by atoms with Gasteiger partial charge in [0, 0.05) is 17.4 Å². The van der Waals surface area contributed by atoms with Crippen LogP contribution in [0.5, 0.6) is 0 Å². The Hall–Kier alpha value is -1.12. The van der Waals surface area contributed by atoms with Gasteiger partial charge in [-0.1, -0.05) is 26.8 Å². The van der Waals surface area contributed by atoms with Gasteiger partial charge in [-0.05, 0) is 56.3 Å². The third-order valence-electron chi connectivity index (χ3n) is 6.45. The Balaban J connectivity index is 2.37. The predicted octanol–water partition coefficient (Wildman–Crippen LogP) is 4.22. The minimum Gasteiger partial charge on any atom is -0.478 e. The van der Waals surface area contributed by atoms with Crippen molar-refractivity contribution in [3.8, 4) is 0 Å². The van der Waals surface area contributed by atoms with Crippen molar-refractivity contribution in [1.82, 2.24) is 0 Å². The summed E-state index contributed by atoms with van der Waals surface area (Å²) < 4.78 is 0. The van der Waals surface area contributed by atoms with E-state index in [0.717, 1.165) is 32.1 Å². The molecule has 2 aliphatic carbocycles. The highest BCUT2D eigenvalue weighted by Gasteiger charge is 2.55. The molecule has 0 saturated heterocycles. The lowest BCUT2D eigenvalue weighted by atomic mass is 9.47. The molecule has 0 aromatic rings. The standard InChI is InChI=1S/C18H28O3/c1-12-8-10-18(4)14(16(20)21)6-5-7-15(18)17(12,3)11-9-13(2)19/h6,12,15H,5,7-11H2,1-4H3,(H,20,21)/t12-,15-,17+,18+/m1/s1. The van der Waals surface area contributed by atoms with Gasteiger partial charge in [-0.25, -0.2) is 4.79 Å². The first-order valence-electron chi connectivity index (χ1n) is 8.15. The van der Waals surface area contributed by atoms with E-state index in [1.54, 1.807) is 6.92 Å². The Morgan fingerprint density at radius 2 is 2.00 bits per heavy atom. The van der Waals surface area contributed by atoms with Gasteiger partial charge in [0.1, 0.15) is 5.78 Å². The molecule has 1 fully saturated rings. The number of fused-ring (bicyclic) bond motifs is 1. The fourth-order valence-corrected chi connectivity index (χ4v) is 4.89. The molecule has 2 aliphatic rings. The molecule has 0 aromatic carbocycles. The average molecular weight is 292 g/mol. The summed E-state index contributed by atoms with van der Waals surface area (Å²) >= 11 is 0. The van der Waals surface area contributed by atoms with Crippen LogP contribution < -0.4 is 0 Å². The molecule has 0 aliphatic heterocycles. The highest BCUT2D eigenvalue weighted by atomic mass is 16.4. The molecule has 0 amide bonds. The molecule has 0 heterocycles. The number of carboxylic acid groups (broad SMARTS) is 1. The van der Waals surface area contributed by atoms with Crippen molar-refractivity contribution in [2.45, 2.75) is 66.2 Å². The Bertz CT molecular complexity index is 479. The van der Waals surface area contributed by atoms with Gasteiger partial charge >= 0.3 is 5.97 Å². The van der Waals surface area contributed by atoms with Crippen LogP contribution in [-0.4, -0.2) is 16.9 Å². The zero-order valence-corrected chi connectivity index (χ0v) is 13.7. The van der Waals surface area contributed by atoms with Gasteiger partial charge in [-0.15, -0.1) is 0 Å². The van der Waals surface area contributed by atoms with Gasteiger partial charge in [0.15, 0.2) is 0 Å². The fraction of sp³-hybridized carbons (Fsp3) is 0.778. The van der Waals surface area contributed by atoms with Crippen LogP contribution in [-0.2, 0) is 9.59 Å². The number of allylic oxidation sites excluding steroid dienone is 1. The van der Waals surface area contributed by atoms with Crippen molar-refractivity contribution < 1.29 is 14.7 Å². The van der Waals surface area contributed by atoms with E-state index in [1.165, 1.54) is 0 Å². The van der Waals surface area contributed by atoms with E-state index < -0.39 is 5.97 Å². The van der Waals surface area contributed by atoms with E-state index in [1.807, 2.05) is 6.08 Å². The zero-order chi connectivity index (χ0) is 15.8. The number of aliphatic carboxylic acids is 1. The molecule has 0 spiro atoms. The lowest BCUT2D eigenvalue weighted by Crippen LogP contribution is -2.51. The van der Waals surface area contributed by atoms with Crippen LogP contribution >= 0.6 is 0 Å². The maximum Gasteiger partial charge on any atom is 0.331 e. The van der Waals surface area contributed by atoms with E-state index in [0.29, 0.717) is 23.8 Å². The van der Waals surface area contributed by atoms with Crippen LogP contribution in [0.15, 0.2) is 11.6 Å². The summed E-state index contributed by atoms with van der Waals surface area (Å²) in [5.74, 6) is 0.387. The molecule has 0 radical (unpaired) electrons. The normalized spacial score (nSPS) is 39.3. The third-order valence-corrected chi connectivity index (χ3v) is 6.45. The number of ketones is 1. The second-order valence-corrected chi connectivity index (χ2v) is 7.62. The second kappa shape index (κ2) is 5.58. The first-order chi connectivity index (χ1) is 9.71. The van der Waals surface area contributed by atoms with E-state index in [9.17, 15) is 14.7 Å².